The Labute approximate surface area is 389 Å². The van der Waals surface area contributed by atoms with E-state index < -0.39 is 59.8 Å². The van der Waals surface area contributed by atoms with Crippen LogP contribution in [0.3, 0.4) is 0 Å². The van der Waals surface area contributed by atoms with Gasteiger partial charge in [-0.3, -0.25) is 9.35 Å². The molecule has 0 bridgehead atoms. The van der Waals surface area contributed by atoms with Crippen LogP contribution in [-0.4, -0.2) is 97.5 Å². The van der Waals surface area contributed by atoms with Crippen molar-refractivity contribution in [2.24, 2.45) is 0 Å². The maximum Gasteiger partial charge on any atom is 0.397 e. The summed E-state index contributed by atoms with van der Waals surface area (Å²) in [6.07, 6.45) is 42.8. The van der Waals surface area contributed by atoms with Gasteiger partial charge in [0.25, 0.3) is 0 Å². The van der Waals surface area contributed by atoms with Crippen molar-refractivity contribution in [1.29, 1.82) is 0 Å². The van der Waals surface area contributed by atoms with E-state index in [1.54, 1.807) is 0 Å². The maximum atomic E-state index is 12.9. The number of aliphatic hydroxyl groups is 3. The minimum atomic E-state index is -5.06. The summed E-state index contributed by atoms with van der Waals surface area (Å²) in [4.78, 5) is 12.9. The summed E-state index contributed by atoms with van der Waals surface area (Å²) >= 11 is 0. The first kappa shape index (κ1) is 60.1. The number of esters is 1. The lowest BCUT2D eigenvalue weighted by Gasteiger charge is -2.41. The van der Waals surface area contributed by atoms with Gasteiger partial charge in [0.15, 0.2) is 6.29 Å². The van der Waals surface area contributed by atoms with Gasteiger partial charge in [-0.15, -0.1) is 0 Å². The van der Waals surface area contributed by atoms with Crippen LogP contribution in [-0.2, 0) is 38.3 Å². The summed E-state index contributed by atoms with van der Waals surface area (Å²) in [5, 5.41) is 30.7. The number of carbonyl (C=O) groups excluding carboxylic acids is 1. The number of carbonyl (C=O) groups is 1. The molecule has 64 heavy (non-hydrogen) atoms. The van der Waals surface area contributed by atoms with E-state index in [4.69, 9.17) is 18.9 Å². The van der Waals surface area contributed by atoms with Gasteiger partial charge in [-0.05, 0) is 51.4 Å². The van der Waals surface area contributed by atoms with Crippen molar-refractivity contribution in [2.75, 3.05) is 26.4 Å². The summed E-state index contributed by atoms with van der Waals surface area (Å²) in [6, 6.07) is 0. The van der Waals surface area contributed by atoms with Crippen LogP contribution in [0.1, 0.15) is 206 Å². The predicted octanol–water partition coefficient (Wildman–Crippen LogP) is 11.5. The predicted molar refractivity (Wildman–Crippen MR) is 257 cm³/mol. The van der Waals surface area contributed by atoms with Crippen LogP contribution in [0.15, 0.2) is 48.6 Å². The fraction of sp³-hybridized carbons (Fsp3) is 0.824. The Balaban J connectivity index is 2.35. The first-order valence-corrected chi connectivity index (χ1v) is 26.8. The highest BCUT2D eigenvalue weighted by molar-refractivity contribution is 7.80. The molecule has 0 radical (unpaired) electrons. The second-order valence-electron chi connectivity index (χ2n) is 17.4. The standard InChI is InChI=1S/C51H92O12S/c1-3-5-7-9-11-13-15-17-19-20-21-22-23-24-25-27-29-31-33-35-37-39-41-59-43-45(44-60-51-49(55)50(63-64(56,57)58)48(54)46(42-52)62-51)61-47(53)40-38-36-34-32-30-28-26-18-16-14-12-10-8-6-4-2/h5,7,11,13,17,19,21-22,45-46,48-52,54-55H,3-4,6,8-10,12,14-16,18,20,23-44H2,1-2H3,(H,56,57,58)/b7-5-,13-11-,19-17-,22-21-. The molecule has 374 valence electrons. The molecule has 6 atom stereocenters. The molecular weight excluding hydrogens is 837 g/mol. The highest BCUT2D eigenvalue weighted by Gasteiger charge is 2.48. The number of hydrogen-bond donors (Lipinski definition) is 4. The first-order valence-electron chi connectivity index (χ1n) is 25.4. The van der Waals surface area contributed by atoms with Gasteiger partial charge in [-0.2, -0.15) is 8.42 Å². The van der Waals surface area contributed by atoms with Crippen LogP contribution >= 0.6 is 0 Å². The van der Waals surface area contributed by atoms with Gasteiger partial charge in [0.05, 0.1) is 19.8 Å². The van der Waals surface area contributed by atoms with Crippen LogP contribution in [0.25, 0.3) is 0 Å². The van der Waals surface area contributed by atoms with Crippen molar-refractivity contribution in [2.45, 2.75) is 243 Å². The molecule has 0 saturated carbocycles. The lowest BCUT2D eigenvalue weighted by atomic mass is 9.99. The van der Waals surface area contributed by atoms with Gasteiger partial charge in [0.2, 0.25) is 0 Å². The Morgan fingerprint density at radius 1 is 0.609 bits per heavy atom. The van der Waals surface area contributed by atoms with Crippen molar-refractivity contribution >= 4 is 16.4 Å². The molecule has 0 aromatic heterocycles. The zero-order valence-electron chi connectivity index (χ0n) is 40.1. The van der Waals surface area contributed by atoms with E-state index in [9.17, 15) is 33.1 Å². The van der Waals surface area contributed by atoms with Crippen LogP contribution in [0, 0.1) is 0 Å². The molecule has 1 saturated heterocycles. The first-order chi connectivity index (χ1) is 31.1. The number of ether oxygens (including phenoxy) is 4. The van der Waals surface area contributed by atoms with E-state index in [2.05, 4.69) is 66.6 Å². The van der Waals surface area contributed by atoms with Crippen LogP contribution in [0.2, 0.25) is 0 Å². The van der Waals surface area contributed by atoms with E-state index in [0.717, 1.165) is 70.6 Å². The van der Waals surface area contributed by atoms with E-state index in [-0.39, 0.29) is 19.6 Å². The molecule has 0 aliphatic carbocycles. The zero-order chi connectivity index (χ0) is 46.8. The summed E-state index contributed by atoms with van der Waals surface area (Å²) < 4.78 is 59.2. The second kappa shape index (κ2) is 42.4. The van der Waals surface area contributed by atoms with Crippen molar-refractivity contribution in [3.8, 4) is 0 Å². The monoisotopic (exact) mass is 929 g/mol. The topological polar surface area (TPSA) is 178 Å². The average molecular weight is 929 g/mol. The van der Waals surface area contributed by atoms with Crippen LogP contribution in [0.5, 0.6) is 0 Å². The fourth-order valence-corrected chi connectivity index (χ4v) is 8.17. The average Bonchev–Trinajstić information content (AvgIpc) is 3.27. The summed E-state index contributed by atoms with van der Waals surface area (Å²) in [7, 11) is -5.06. The van der Waals surface area contributed by atoms with Gasteiger partial charge in [0, 0.05) is 13.0 Å². The summed E-state index contributed by atoms with van der Waals surface area (Å²) in [5.41, 5.74) is 0. The molecule has 6 unspecified atom stereocenters. The molecule has 0 amide bonds. The van der Waals surface area contributed by atoms with E-state index in [0.29, 0.717) is 13.0 Å². The number of allylic oxidation sites excluding steroid dienone is 8. The third-order valence-corrected chi connectivity index (χ3v) is 11.9. The highest BCUT2D eigenvalue weighted by atomic mass is 32.3. The lowest BCUT2D eigenvalue weighted by Crippen LogP contribution is -2.60. The molecular formula is C51H92O12S. The molecule has 13 heteroatoms. The van der Waals surface area contributed by atoms with Gasteiger partial charge in [-0.25, -0.2) is 4.18 Å². The largest absolute Gasteiger partial charge is 0.457 e. The minimum Gasteiger partial charge on any atom is -0.457 e. The van der Waals surface area contributed by atoms with Gasteiger partial charge < -0.3 is 34.3 Å². The third kappa shape index (κ3) is 35.3. The third-order valence-electron chi connectivity index (χ3n) is 11.5. The smallest absolute Gasteiger partial charge is 0.397 e. The lowest BCUT2D eigenvalue weighted by molar-refractivity contribution is -0.301. The Hall–Kier alpha value is -1.94. The zero-order valence-corrected chi connectivity index (χ0v) is 40.9. The van der Waals surface area contributed by atoms with Crippen molar-refractivity contribution in [1.82, 2.24) is 0 Å². The minimum absolute atomic E-state index is 0.0331. The van der Waals surface area contributed by atoms with Crippen molar-refractivity contribution in [3.05, 3.63) is 48.6 Å². The van der Waals surface area contributed by atoms with Crippen LogP contribution < -0.4 is 0 Å². The summed E-state index contributed by atoms with van der Waals surface area (Å²) in [6.45, 7) is 3.88. The summed E-state index contributed by atoms with van der Waals surface area (Å²) in [5.74, 6) is -0.400. The maximum absolute atomic E-state index is 12.9. The van der Waals surface area contributed by atoms with Crippen molar-refractivity contribution < 1.29 is 56.2 Å². The quantitative estimate of drug-likeness (QED) is 0.0197. The number of hydrogen-bond acceptors (Lipinski definition) is 11. The highest BCUT2D eigenvalue weighted by Crippen LogP contribution is 2.26. The molecule has 4 N–H and O–H groups in total. The van der Waals surface area contributed by atoms with Gasteiger partial charge in [0.1, 0.15) is 30.5 Å². The van der Waals surface area contributed by atoms with Gasteiger partial charge in [-0.1, -0.05) is 197 Å². The molecule has 0 aromatic rings. The normalized spacial score (nSPS) is 20.1. The Morgan fingerprint density at radius 2 is 1.08 bits per heavy atom. The Bertz CT molecular complexity index is 1300. The Morgan fingerprint density at radius 3 is 1.58 bits per heavy atom. The number of rotatable bonds is 44. The molecule has 0 spiro atoms. The Kier molecular flexibility index (Phi) is 39.8. The van der Waals surface area contributed by atoms with E-state index in [1.807, 2.05) is 0 Å². The molecule has 1 aliphatic heterocycles. The molecule has 12 nitrogen and oxygen atoms in total. The van der Waals surface area contributed by atoms with Crippen LogP contribution in [0.4, 0.5) is 0 Å². The second-order valence-corrected chi connectivity index (χ2v) is 18.4. The van der Waals surface area contributed by atoms with Crippen molar-refractivity contribution in [3.63, 3.8) is 0 Å². The molecule has 1 fully saturated rings. The number of unbranched alkanes of at least 4 members (excludes halogenated alkanes) is 23. The fourth-order valence-electron chi connectivity index (χ4n) is 7.66. The van der Waals surface area contributed by atoms with E-state index in [1.165, 1.54) is 109 Å². The molecule has 1 rings (SSSR count). The molecule has 0 aromatic carbocycles. The molecule has 1 heterocycles. The molecule has 1 aliphatic rings. The SMILES string of the molecule is CC/C=C\C/C=C\C/C=C\C/C=C\CCCCCCCCCCCOCC(COC1OC(CO)C(O)C(OS(=O)(=O)O)C1O)OC(=O)CCCCCCCCCCCCCCCCC. The van der Waals surface area contributed by atoms with Gasteiger partial charge >= 0.3 is 16.4 Å². The number of aliphatic hydroxyl groups excluding tert-OH is 3. The van der Waals surface area contributed by atoms with E-state index >= 15 is 0 Å².